The standard InChI is InChI=1S/C26H25F3N4O2/c1-5-18-8-10-19(11-9-18)33-25-24(17(4)32-33)20(26(27,28)29)13-23(31-25)35-14-22(34)30-21-12-15(2)6-7-16(21)3/h6-13H,5,14H2,1-4H3,(H,30,34). The third kappa shape index (κ3) is 5.13. The van der Waals surface area contributed by atoms with Crippen molar-refractivity contribution in [3.05, 3.63) is 76.5 Å². The van der Waals surface area contributed by atoms with Crippen LogP contribution in [0.1, 0.15) is 34.9 Å². The smallest absolute Gasteiger partial charge is 0.417 e. The highest BCUT2D eigenvalue weighted by Crippen LogP contribution is 2.38. The number of amides is 1. The highest BCUT2D eigenvalue weighted by atomic mass is 19.4. The third-order valence-electron chi connectivity index (χ3n) is 5.70. The molecule has 0 aliphatic carbocycles. The maximum atomic E-state index is 14.0. The van der Waals surface area contributed by atoms with Crippen molar-refractivity contribution in [2.45, 2.75) is 40.3 Å². The molecule has 1 amide bonds. The summed E-state index contributed by atoms with van der Waals surface area (Å²) in [5, 5.41) is 6.94. The van der Waals surface area contributed by atoms with Gasteiger partial charge in [0.05, 0.1) is 22.3 Å². The van der Waals surface area contributed by atoms with Crippen LogP contribution in [0.5, 0.6) is 5.88 Å². The average Bonchev–Trinajstić information content (AvgIpc) is 3.15. The largest absolute Gasteiger partial charge is 0.467 e. The molecule has 4 aromatic rings. The molecule has 0 radical (unpaired) electrons. The Morgan fingerprint density at radius 3 is 2.43 bits per heavy atom. The van der Waals surface area contributed by atoms with E-state index in [9.17, 15) is 18.0 Å². The lowest BCUT2D eigenvalue weighted by molar-refractivity contribution is -0.136. The third-order valence-corrected chi connectivity index (χ3v) is 5.70. The number of carbonyl (C=O) groups is 1. The van der Waals surface area contributed by atoms with E-state index in [4.69, 9.17) is 4.74 Å². The number of fused-ring (bicyclic) bond motifs is 1. The minimum absolute atomic E-state index is 0.00603. The summed E-state index contributed by atoms with van der Waals surface area (Å²) in [5.41, 5.74) is 3.38. The molecule has 0 unspecified atom stereocenters. The SMILES string of the molecule is CCc1ccc(-n2nc(C)c3c(C(F)(F)F)cc(OCC(=O)Nc4cc(C)ccc4C)nc32)cc1. The lowest BCUT2D eigenvalue weighted by atomic mass is 10.1. The fourth-order valence-corrected chi connectivity index (χ4v) is 3.81. The summed E-state index contributed by atoms with van der Waals surface area (Å²) in [6, 6.07) is 13.8. The quantitative estimate of drug-likeness (QED) is 0.369. The Kier molecular flexibility index (Phi) is 6.51. The van der Waals surface area contributed by atoms with Gasteiger partial charge in [0.25, 0.3) is 5.91 Å². The summed E-state index contributed by atoms with van der Waals surface area (Å²) in [5.74, 6) is -0.818. The molecule has 6 nitrogen and oxygen atoms in total. The van der Waals surface area contributed by atoms with Crippen LogP contribution in [-0.2, 0) is 17.4 Å². The van der Waals surface area contributed by atoms with Gasteiger partial charge < -0.3 is 10.1 Å². The number of nitrogens with zero attached hydrogens (tertiary/aromatic N) is 3. The van der Waals surface area contributed by atoms with Crippen LogP contribution in [0.2, 0.25) is 0 Å². The van der Waals surface area contributed by atoms with E-state index in [-0.39, 0.29) is 22.6 Å². The van der Waals surface area contributed by atoms with Gasteiger partial charge in [-0.2, -0.15) is 23.3 Å². The van der Waals surface area contributed by atoms with E-state index < -0.39 is 24.3 Å². The van der Waals surface area contributed by atoms with Gasteiger partial charge in [-0.15, -0.1) is 0 Å². The van der Waals surface area contributed by atoms with Crippen LogP contribution in [0.3, 0.4) is 0 Å². The molecule has 2 aromatic carbocycles. The number of rotatable bonds is 6. The number of ether oxygens (including phenoxy) is 1. The first-order valence-corrected chi connectivity index (χ1v) is 11.1. The molecule has 182 valence electrons. The number of carbonyl (C=O) groups excluding carboxylic acids is 1. The number of pyridine rings is 1. The minimum Gasteiger partial charge on any atom is -0.467 e. The highest BCUT2D eigenvalue weighted by Gasteiger charge is 2.36. The van der Waals surface area contributed by atoms with E-state index in [1.807, 2.05) is 51.1 Å². The predicted molar refractivity (Wildman–Crippen MR) is 128 cm³/mol. The summed E-state index contributed by atoms with van der Waals surface area (Å²) >= 11 is 0. The van der Waals surface area contributed by atoms with Crippen molar-refractivity contribution >= 4 is 22.6 Å². The van der Waals surface area contributed by atoms with Crippen molar-refractivity contribution < 1.29 is 22.7 Å². The topological polar surface area (TPSA) is 69.0 Å². The molecule has 0 spiro atoms. The molecule has 1 N–H and O–H groups in total. The molecular weight excluding hydrogens is 457 g/mol. The Balaban J connectivity index is 1.68. The Morgan fingerprint density at radius 1 is 1.06 bits per heavy atom. The van der Waals surface area contributed by atoms with Crippen molar-refractivity contribution in [1.29, 1.82) is 0 Å². The number of halogens is 3. The second-order valence-electron chi connectivity index (χ2n) is 8.38. The zero-order chi connectivity index (χ0) is 25.3. The maximum Gasteiger partial charge on any atom is 0.417 e. The molecule has 0 bridgehead atoms. The second kappa shape index (κ2) is 9.40. The van der Waals surface area contributed by atoms with Crippen molar-refractivity contribution in [3.8, 4) is 11.6 Å². The number of anilines is 1. The zero-order valence-electron chi connectivity index (χ0n) is 19.8. The lowest BCUT2D eigenvalue weighted by Gasteiger charge is -2.13. The molecule has 2 aromatic heterocycles. The van der Waals surface area contributed by atoms with Gasteiger partial charge in [-0.05, 0) is 62.1 Å². The van der Waals surface area contributed by atoms with Gasteiger partial charge in [-0.1, -0.05) is 31.2 Å². The number of benzene rings is 2. The number of aromatic nitrogens is 3. The number of hydrogen-bond acceptors (Lipinski definition) is 4. The summed E-state index contributed by atoms with van der Waals surface area (Å²) in [4.78, 5) is 16.7. The molecule has 0 atom stereocenters. The summed E-state index contributed by atoms with van der Waals surface area (Å²) in [6.45, 7) is 6.76. The fraction of sp³-hybridized carbons (Fsp3) is 0.269. The number of nitrogens with one attached hydrogen (secondary N) is 1. The van der Waals surface area contributed by atoms with E-state index in [2.05, 4.69) is 15.4 Å². The van der Waals surface area contributed by atoms with Crippen molar-refractivity contribution in [2.75, 3.05) is 11.9 Å². The summed E-state index contributed by atoms with van der Waals surface area (Å²) in [6.07, 6.45) is -3.83. The molecule has 0 aliphatic heterocycles. The molecular formula is C26H25F3N4O2. The lowest BCUT2D eigenvalue weighted by Crippen LogP contribution is -2.21. The monoisotopic (exact) mass is 482 g/mol. The average molecular weight is 483 g/mol. The zero-order valence-corrected chi connectivity index (χ0v) is 19.8. The summed E-state index contributed by atoms with van der Waals surface area (Å²) < 4.78 is 48.7. The molecule has 0 fully saturated rings. The van der Waals surface area contributed by atoms with Crippen molar-refractivity contribution in [1.82, 2.24) is 14.8 Å². The van der Waals surface area contributed by atoms with Crippen LogP contribution in [0.25, 0.3) is 16.7 Å². The number of aryl methyl sites for hydroxylation is 4. The van der Waals surface area contributed by atoms with Crippen LogP contribution < -0.4 is 10.1 Å². The second-order valence-corrected chi connectivity index (χ2v) is 8.38. The van der Waals surface area contributed by atoms with Crippen molar-refractivity contribution in [3.63, 3.8) is 0 Å². The van der Waals surface area contributed by atoms with Gasteiger partial charge in [0.1, 0.15) is 0 Å². The molecule has 9 heteroatoms. The van der Waals surface area contributed by atoms with Crippen LogP contribution in [0, 0.1) is 20.8 Å². The van der Waals surface area contributed by atoms with E-state index in [1.54, 1.807) is 12.1 Å². The fourth-order valence-electron chi connectivity index (χ4n) is 3.81. The molecule has 35 heavy (non-hydrogen) atoms. The molecule has 4 rings (SSSR count). The van der Waals surface area contributed by atoms with Crippen LogP contribution in [0.15, 0.2) is 48.5 Å². The summed E-state index contributed by atoms with van der Waals surface area (Å²) in [7, 11) is 0. The van der Waals surface area contributed by atoms with Gasteiger partial charge in [-0.3, -0.25) is 4.79 Å². The van der Waals surface area contributed by atoms with Gasteiger partial charge >= 0.3 is 6.18 Å². The van der Waals surface area contributed by atoms with E-state index in [1.165, 1.54) is 11.6 Å². The van der Waals surface area contributed by atoms with Gasteiger partial charge in [0, 0.05) is 11.8 Å². The first-order valence-electron chi connectivity index (χ1n) is 11.1. The molecule has 2 heterocycles. The maximum absolute atomic E-state index is 14.0. The van der Waals surface area contributed by atoms with Crippen LogP contribution in [0.4, 0.5) is 18.9 Å². The number of alkyl halides is 3. The molecule has 0 saturated carbocycles. The Hall–Kier alpha value is -3.88. The van der Waals surface area contributed by atoms with Gasteiger partial charge in [-0.25, -0.2) is 4.68 Å². The van der Waals surface area contributed by atoms with E-state index in [0.717, 1.165) is 29.2 Å². The Labute approximate surface area is 200 Å². The minimum atomic E-state index is -4.66. The predicted octanol–water partition coefficient (Wildman–Crippen LogP) is 5.94. The number of hydrogen-bond donors (Lipinski definition) is 1. The normalized spacial score (nSPS) is 11.6. The highest BCUT2D eigenvalue weighted by molar-refractivity contribution is 5.92. The Bertz CT molecular complexity index is 1390. The van der Waals surface area contributed by atoms with E-state index in [0.29, 0.717) is 11.4 Å². The van der Waals surface area contributed by atoms with Crippen LogP contribution in [-0.4, -0.2) is 27.3 Å². The molecule has 0 saturated heterocycles. The van der Waals surface area contributed by atoms with E-state index >= 15 is 0 Å². The first kappa shape index (κ1) is 24.3. The first-order chi connectivity index (χ1) is 16.6. The van der Waals surface area contributed by atoms with Gasteiger partial charge in [0.2, 0.25) is 5.88 Å². The molecule has 0 aliphatic rings. The van der Waals surface area contributed by atoms with Gasteiger partial charge in [0.15, 0.2) is 12.3 Å². The van der Waals surface area contributed by atoms with Crippen LogP contribution >= 0.6 is 0 Å². The Morgan fingerprint density at radius 2 is 1.77 bits per heavy atom. The van der Waals surface area contributed by atoms with Crippen molar-refractivity contribution in [2.24, 2.45) is 0 Å².